The molecule has 0 fully saturated rings. The number of hydrogen-bond acceptors (Lipinski definition) is 0. The van der Waals surface area contributed by atoms with Gasteiger partial charge >= 0.3 is 0 Å². The second-order valence-electron chi connectivity index (χ2n) is 9.51. The Morgan fingerprint density at radius 2 is 1.23 bits per heavy atom. The van der Waals surface area contributed by atoms with Crippen molar-refractivity contribution in [1.82, 2.24) is 0 Å². The summed E-state index contributed by atoms with van der Waals surface area (Å²) in [6.45, 7) is 16.9. The van der Waals surface area contributed by atoms with E-state index in [-0.39, 0.29) is 5.41 Å². The Bertz CT molecular complexity index is 610. The highest BCUT2D eigenvalue weighted by Gasteiger charge is 2.41. The fourth-order valence-electron chi connectivity index (χ4n) is 4.92. The van der Waals surface area contributed by atoms with Crippen LogP contribution in [-0.2, 0) is 16.2 Å². The van der Waals surface area contributed by atoms with Gasteiger partial charge < -0.3 is 0 Å². The van der Waals surface area contributed by atoms with Gasteiger partial charge in [-0.05, 0) is 46.6 Å². The Morgan fingerprint density at radius 1 is 0.818 bits per heavy atom. The van der Waals surface area contributed by atoms with E-state index in [9.17, 15) is 0 Å². The maximum absolute atomic E-state index is 2.45. The van der Waals surface area contributed by atoms with Crippen molar-refractivity contribution in [2.24, 2.45) is 0 Å². The minimum Gasteiger partial charge on any atom is -0.0917 e. The van der Waals surface area contributed by atoms with Crippen LogP contribution in [0, 0.1) is 0 Å². The molecule has 1 aromatic carbocycles. The van der Waals surface area contributed by atoms with Gasteiger partial charge in [0.15, 0.2) is 0 Å². The van der Waals surface area contributed by atoms with Crippen molar-refractivity contribution < 1.29 is 0 Å². The van der Waals surface area contributed by atoms with Crippen LogP contribution in [0.1, 0.15) is 84.4 Å². The zero-order valence-electron chi connectivity index (χ0n) is 16.6. The maximum Gasteiger partial charge on any atom is 0.140 e. The second kappa shape index (κ2) is 5.21. The lowest BCUT2D eigenvalue weighted by atomic mass is 9.52. The van der Waals surface area contributed by atoms with Gasteiger partial charge in [-0.2, -0.15) is 0 Å². The van der Waals surface area contributed by atoms with Gasteiger partial charge in [-0.1, -0.05) is 70.4 Å². The number of hydrogen-bond donors (Lipinski definition) is 0. The van der Waals surface area contributed by atoms with Crippen molar-refractivity contribution in [3.05, 3.63) is 16.7 Å². The Hall–Kier alpha value is -0.585. The van der Waals surface area contributed by atoms with Crippen LogP contribution in [0.5, 0.6) is 0 Å². The third-order valence-corrected chi connectivity index (χ3v) is 6.60. The summed E-state index contributed by atoms with van der Waals surface area (Å²) >= 11 is 0. The van der Waals surface area contributed by atoms with E-state index in [2.05, 4.69) is 72.0 Å². The van der Waals surface area contributed by atoms with Crippen molar-refractivity contribution in [2.75, 3.05) is 0 Å². The van der Waals surface area contributed by atoms with Crippen LogP contribution in [0.15, 0.2) is 0 Å². The van der Waals surface area contributed by atoms with Gasteiger partial charge in [-0.25, -0.2) is 0 Å². The summed E-state index contributed by atoms with van der Waals surface area (Å²) in [5.74, 6) is 0. The van der Waals surface area contributed by atoms with Crippen molar-refractivity contribution >= 4 is 39.9 Å². The van der Waals surface area contributed by atoms with Crippen LogP contribution in [0.25, 0.3) is 0 Å². The molecule has 0 unspecified atom stereocenters. The molecular weight excluding hydrogens is 261 g/mol. The average molecular weight is 294 g/mol. The third-order valence-electron chi connectivity index (χ3n) is 6.60. The zero-order valence-corrected chi connectivity index (χ0v) is 16.6. The van der Waals surface area contributed by atoms with Gasteiger partial charge in [-0.15, -0.1) is 0 Å². The minimum atomic E-state index is 0.256. The summed E-state index contributed by atoms with van der Waals surface area (Å²) in [5.41, 5.74) is 10.4. The molecule has 0 aliphatic heterocycles. The molecule has 0 amide bonds. The Kier molecular flexibility index (Phi) is 4.21. The standard InChI is InChI=1S/C19H33B3/c1-8-17(2,3)13-14(20)11-12(15(21)16(13)22)19(6,7)10-9-18(11,4)5/h8-10,20-22H2,1-7H3. The lowest BCUT2D eigenvalue weighted by Gasteiger charge is -2.47. The fraction of sp³-hybridized carbons (Fsp3) is 0.684. The summed E-state index contributed by atoms with van der Waals surface area (Å²) < 4.78 is 0. The van der Waals surface area contributed by atoms with Gasteiger partial charge in [0.2, 0.25) is 0 Å². The molecule has 118 valence electrons. The van der Waals surface area contributed by atoms with E-state index in [1.165, 1.54) is 24.7 Å². The lowest BCUT2D eigenvalue weighted by Crippen LogP contribution is -2.52. The molecule has 0 spiro atoms. The molecule has 1 aliphatic carbocycles. The summed E-state index contributed by atoms with van der Waals surface area (Å²) in [4.78, 5) is 0. The molecule has 0 bridgehead atoms. The van der Waals surface area contributed by atoms with E-state index < -0.39 is 0 Å². The minimum absolute atomic E-state index is 0.256. The molecule has 0 radical (unpaired) electrons. The number of benzene rings is 1. The largest absolute Gasteiger partial charge is 0.140 e. The highest BCUT2D eigenvalue weighted by Crippen LogP contribution is 2.44. The Labute approximate surface area is 141 Å². The first-order valence-electron chi connectivity index (χ1n) is 9.02. The molecular formula is C19H33B3. The maximum atomic E-state index is 2.45. The van der Waals surface area contributed by atoms with E-state index >= 15 is 0 Å². The van der Waals surface area contributed by atoms with Gasteiger partial charge in [0.1, 0.15) is 23.5 Å². The molecule has 0 aromatic heterocycles. The fourth-order valence-corrected chi connectivity index (χ4v) is 4.92. The molecule has 0 nitrogen and oxygen atoms in total. The number of fused-ring (bicyclic) bond motifs is 1. The number of rotatable bonds is 2. The van der Waals surface area contributed by atoms with E-state index in [0.717, 1.165) is 0 Å². The molecule has 1 aliphatic rings. The van der Waals surface area contributed by atoms with Gasteiger partial charge in [0.05, 0.1) is 0 Å². The van der Waals surface area contributed by atoms with E-state index in [1.54, 1.807) is 27.6 Å². The molecule has 0 saturated heterocycles. The molecule has 3 heteroatoms. The second-order valence-corrected chi connectivity index (χ2v) is 9.51. The molecule has 0 heterocycles. The van der Waals surface area contributed by atoms with E-state index in [4.69, 9.17) is 0 Å². The van der Waals surface area contributed by atoms with Crippen LogP contribution < -0.4 is 16.4 Å². The SMILES string of the molecule is Bc1c(B)c2c(c(B)c1C(C)(C)CC)C(C)(C)CCC2(C)C. The van der Waals surface area contributed by atoms with Crippen LogP contribution in [0.2, 0.25) is 0 Å². The molecule has 0 saturated carbocycles. The predicted molar refractivity (Wildman–Crippen MR) is 110 cm³/mol. The summed E-state index contributed by atoms with van der Waals surface area (Å²) in [5, 5.41) is 0. The van der Waals surface area contributed by atoms with Crippen LogP contribution >= 0.6 is 0 Å². The third kappa shape index (κ3) is 2.49. The summed E-state index contributed by atoms with van der Waals surface area (Å²) in [7, 11) is 7.11. The quantitative estimate of drug-likeness (QED) is 0.697. The predicted octanol–water partition coefficient (Wildman–Crippen LogP) is 0.498. The topological polar surface area (TPSA) is 0 Å². The Morgan fingerprint density at radius 3 is 1.64 bits per heavy atom. The monoisotopic (exact) mass is 294 g/mol. The van der Waals surface area contributed by atoms with Crippen LogP contribution in [0.4, 0.5) is 0 Å². The van der Waals surface area contributed by atoms with E-state index in [1.807, 2.05) is 0 Å². The van der Waals surface area contributed by atoms with E-state index in [0.29, 0.717) is 10.8 Å². The molecule has 1 aromatic rings. The molecule has 0 atom stereocenters. The van der Waals surface area contributed by atoms with Gasteiger partial charge in [0, 0.05) is 0 Å². The lowest BCUT2D eigenvalue weighted by molar-refractivity contribution is 0.335. The normalized spacial score (nSPS) is 19.8. The van der Waals surface area contributed by atoms with Crippen LogP contribution in [-0.4, -0.2) is 23.5 Å². The first-order valence-corrected chi connectivity index (χ1v) is 9.02. The highest BCUT2D eigenvalue weighted by atomic mass is 14.4. The van der Waals surface area contributed by atoms with Crippen LogP contribution in [0.3, 0.4) is 0 Å². The Balaban J connectivity index is 2.95. The zero-order chi connectivity index (χ0) is 17.1. The van der Waals surface area contributed by atoms with Gasteiger partial charge in [0.25, 0.3) is 0 Å². The summed E-state index contributed by atoms with van der Waals surface area (Å²) in [6, 6.07) is 0. The molecule has 0 N–H and O–H groups in total. The first kappa shape index (κ1) is 17.8. The first-order chi connectivity index (χ1) is 9.87. The molecule has 2 rings (SSSR count). The van der Waals surface area contributed by atoms with Crippen molar-refractivity contribution in [3.8, 4) is 0 Å². The highest BCUT2D eigenvalue weighted by molar-refractivity contribution is 6.52. The average Bonchev–Trinajstić information content (AvgIpc) is 2.39. The molecule has 22 heavy (non-hydrogen) atoms. The van der Waals surface area contributed by atoms with Crippen molar-refractivity contribution in [2.45, 2.75) is 84.0 Å². The summed E-state index contributed by atoms with van der Waals surface area (Å²) in [6.07, 6.45) is 3.78. The van der Waals surface area contributed by atoms with Crippen molar-refractivity contribution in [3.63, 3.8) is 0 Å². The van der Waals surface area contributed by atoms with Gasteiger partial charge in [-0.3, -0.25) is 0 Å². The van der Waals surface area contributed by atoms with Crippen molar-refractivity contribution in [1.29, 1.82) is 0 Å². The smallest absolute Gasteiger partial charge is 0.0917 e.